The van der Waals surface area contributed by atoms with E-state index in [1.54, 1.807) is 6.20 Å². The van der Waals surface area contributed by atoms with Crippen molar-refractivity contribution in [2.75, 3.05) is 11.9 Å². The monoisotopic (exact) mass is 273 g/mol. The Balaban J connectivity index is 2.10. The van der Waals surface area contributed by atoms with Gasteiger partial charge in [0.15, 0.2) is 5.82 Å². The summed E-state index contributed by atoms with van der Waals surface area (Å²) in [6, 6.07) is 1.85. The SMILES string of the molecule is CCNc1nc(-c2ccnc(C)n2)nc2c1CSC2. The summed E-state index contributed by atoms with van der Waals surface area (Å²) in [4.78, 5) is 17.8. The zero-order valence-corrected chi connectivity index (χ0v) is 11.8. The average molecular weight is 273 g/mol. The van der Waals surface area contributed by atoms with Crippen molar-refractivity contribution in [1.82, 2.24) is 19.9 Å². The summed E-state index contributed by atoms with van der Waals surface area (Å²) in [6.45, 7) is 4.80. The lowest BCUT2D eigenvalue weighted by atomic mass is 10.2. The maximum atomic E-state index is 4.65. The van der Waals surface area contributed by atoms with Crippen LogP contribution in [-0.2, 0) is 11.5 Å². The van der Waals surface area contributed by atoms with Crippen molar-refractivity contribution in [2.45, 2.75) is 25.4 Å². The molecule has 0 bridgehead atoms. The molecule has 3 rings (SSSR count). The van der Waals surface area contributed by atoms with Gasteiger partial charge in [-0.15, -0.1) is 0 Å². The molecule has 0 aliphatic carbocycles. The van der Waals surface area contributed by atoms with Gasteiger partial charge in [0.25, 0.3) is 0 Å². The first kappa shape index (κ1) is 12.3. The summed E-state index contributed by atoms with van der Waals surface area (Å²) in [7, 11) is 0. The lowest BCUT2D eigenvalue weighted by Gasteiger charge is -2.10. The van der Waals surface area contributed by atoms with Gasteiger partial charge in [-0.25, -0.2) is 19.9 Å². The molecule has 98 valence electrons. The fraction of sp³-hybridized carbons (Fsp3) is 0.385. The standard InChI is InChI=1S/C13H15N5S/c1-3-14-12-9-6-19-7-11(9)17-13(18-12)10-4-5-15-8(2)16-10/h4-5H,3,6-7H2,1-2H3,(H,14,17,18). The second-order valence-electron chi connectivity index (χ2n) is 4.33. The highest BCUT2D eigenvalue weighted by Crippen LogP contribution is 2.34. The molecule has 0 aromatic carbocycles. The summed E-state index contributed by atoms with van der Waals surface area (Å²) in [5.74, 6) is 4.31. The molecule has 1 aliphatic heterocycles. The molecule has 5 nitrogen and oxygen atoms in total. The lowest BCUT2D eigenvalue weighted by molar-refractivity contribution is 1.00. The van der Waals surface area contributed by atoms with Crippen LogP contribution < -0.4 is 5.32 Å². The minimum atomic E-state index is 0.683. The van der Waals surface area contributed by atoms with E-state index in [4.69, 9.17) is 0 Å². The fourth-order valence-electron chi connectivity index (χ4n) is 2.06. The number of thioether (sulfide) groups is 1. The highest BCUT2D eigenvalue weighted by Gasteiger charge is 2.20. The number of hydrogen-bond acceptors (Lipinski definition) is 6. The van der Waals surface area contributed by atoms with Gasteiger partial charge in [0.1, 0.15) is 17.3 Å². The van der Waals surface area contributed by atoms with Crippen LogP contribution in [0.3, 0.4) is 0 Å². The molecule has 0 atom stereocenters. The van der Waals surface area contributed by atoms with Gasteiger partial charge in [0, 0.05) is 29.8 Å². The number of nitrogens with zero attached hydrogens (tertiary/aromatic N) is 4. The van der Waals surface area contributed by atoms with E-state index >= 15 is 0 Å². The third-order valence-electron chi connectivity index (χ3n) is 2.93. The molecule has 1 N–H and O–H groups in total. The maximum Gasteiger partial charge on any atom is 0.180 e. The molecule has 0 saturated carbocycles. The number of fused-ring (bicyclic) bond motifs is 1. The predicted molar refractivity (Wildman–Crippen MR) is 77.0 cm³/mol. The largest absolute Gasteiger partial charge is 0.370 e. The van der Waals surface area contributed by atoms with Crippen molar-refractivity contribution in [3.8, 4) is 11.5 Å². The summed E-state index contributed by atoms with van der Waals surface area (Å²) < 4.78 is 0. The molecule has 0 spiro atoms. The Kier molecular flexibility index (Phi) is 3.33. The van der Waals surface area contributed by atoms with Crippen LogP contribution in [0.4, 0.5) is 5.82 Å². The molecule has 2 aromatic heterocycles. The zero-order valence-electron chi connectivity index (χ0n) is 11.0. The minimum Gasteiger partial charge on any atom is -0.370 e. The van der Waals surface area contributed by atoms with Crippen LogP contribution in [0, 0.1) is 6.92 Å². The topological polar surface area (TPSA) is 63.6 Å². The number of nitrogens with one attached hydrogen (secondary N) is 1. The normalized spacial score (nSPS) is 13.4. The Hall–Kier alpha value is -1.69. The lowest BCUT2D eigenvalue weighted by Crippen LogP contribution is -2.07. The molecule has 6 heteroatoms. The molecular weight excluding hydrogens is 258 g/mol. The highest BCUT2D eigenvalue weighted by molar-refractivity contribution is 7.98. The quantitative estimate of drug-likeness (QED) is 0.926. The number of aryl methyl sites for hydroxylation is 1. The minimum absolute atomic E-state index is 0.683. The second kappa shape index (κ2) is 5.13. The number of anilines is 1. The summed E-state index contributed by atoms with van der Waals surface area (Å²) in [5, 5.41) is 3.32. The third kappa shape index (κ3) is 2.40. The maximum absolute atomic E-state index is 4.65. The van der Waals surface area contributed by atoms with Crippen LogP contribution in [0.25, 0.3) is 11.5 Å². The second-order valence-corrected chi connectivity index (χ2v) is 5.32. The van der Waals surface area contributed by atoms with E-state index in [9.17, 15) is 0 Å². The van der Waals surface area contributed by atoms with Crippen LogP contribution in [0.1, 0.15) is 24.0 Å². The van der Waals surface area contributed by atoms with Crippen molar-refractivity contribution in [2.24, 2.45) is 0 Å². The van der Waals surface area contributed by atoms with Crippen molar-refractivity contribution >= 4 is 17.6 Å². The van der Waals surface area contributed by atoms with E-state index in [0.717, 1.165) is 41.1 Å². The van der Waals surface area contributed by atoms with E-state index in [1.165, 1.54) is 5.56 Å². The summed E-state index contributed by atoms with van der Waals surface area (Å²) in [5.41, 5.74) is 3.15. The van der Waals surface area contributed by atoms with Crippen LogP contribution in [0.2, 0.25) is 0 Å². The summed E-state index contributed by atoms with van der Waals surface area (Å²) >= 11 is 1.87. The van der Waals surface area contributed by atoms with Crippen molar-refractivity contribution in [1.29, 1.82) is 0 Å². The average Bonchev–Trinajstić information content (AvgIpc) is 2.87. The van der Waals surface area contributed by atoms with Gasteiger partial charge in [-0.2, -0.15) is 11.8 Å². The molecule has 0 fully saturated rings. The first-order valence-electron chi connectivity index (χ1n) is 6.29. The van der Waals surface area contributed by atoms with E-state index < -0.39 is 0 Å². The van der Waals surface area contributed by atoms with E-state index in [2.05, 4.69) is 32.2 Å². The zero-order chi connectivity index (χ0) is 13.2. The predicted octanol–water partition coefficient (Wildman–Crippen LogP) is 2.42. The molecule has 0 saturated heterocycles. The Morgan fingerprint density at radius 3 is 2.95 bits per heavy atom. The van der Waals surface area contributed by atoms with Gasteiger partial charge in [-0.3, -0.25) is 0 Å². The highest BCUT2D eigenvalue weighted by atomic mass is 32.2. The molecule has 0 unspecified atom stereocenters. The number of rotatable bonds is 3. The van der Waals surface area contributed by atoms with Crippen molar-refractivity contribution in [3.05, 3.63) is 29.3 Å². The van der Waals surface area contributed by atoms with Gasteiger partial charge in [-0.05, 0) is 19.9 Å². The van der Waals surface area contributed by atoms with Gasteiger partial charge >= 0.3 is 0 Å². The van der Waals surface area contributed by atoms with Crippen LogP contribution in [0.5, 0.6) is 0 Å². The molecule has 0 radical (unpaired) electrons. The first-order chi connectivity index (χ1) is 9.28. The van der Waals surface area contributed by atoms with Gasteiger partial charge in [-0.1, -0.05) is 0 Å². The van der Waals surface area contributed by atoms with Crippen molar-refractivity contribution in [3.63, 3.8) is 0 Å². The Labute approximate surface area is 116 Å². The molecule has 1 aliphatic rings. The third-order valence-corrected chi connectivity index (χ3v) is 3.90. The van der Waals surface area contributed by atoms with Gasteiger partial charge < -0.3 is 5.32 Å². The van der Waals surface area contributed by atoms with Crippen LogP contribution in [-0.4, -0.2) is 26.5 Å². The fourth-order valence-corrected chi connectivity index (χ4v) is 3.10. The number of hydrogen-bond donors (Lipinski definition) is 1. The Morgan fingerprint density at radius 2 is 2.16 bits per heavy atom. The molecule has 0 amide bonds. The van der Waals surface area contributed by atoms with E-state index in [0.29, 0.717) is 5.82 Å². The Morgan fingerprint density at radius 1 is 1.26 bits per heavy atom. The van der Waals surface area contributed by atoms with E-state index in [1.807, 2.05) is 24.8 Å². The van der Waals surface area contributed by atoms with Gasteiger partial charge in [0.2, 0.25) is 0 Å². The van der Waals surface area contributed by atoms with Gasteiger partial charge in [0.05, 0.1) is 5.69 Å². The van der Waals surface area contributed by atoms with E-state index in [-0.39, 0.29) is 0 Å². The van der Waals surface area contributed by atoms with Crippen molar-refractivity contribution < 1.29 is 0 Å². The smallest absolute Gasteiger partial charge is 0.180 e. The van der Waals surface area contributed by atoms with Crippen LogP contribution in [0.15, 0.2) is 12.3 Å². The van der Waals surface area contributed by atoms with Crippen LogP contribution >= 0.6 is 11.8 Å². The molecule has 2 aromatic rings. The molecular formula is C13H15N5S. The molecule has 19 heavy (non-hydrogen) atoms. The Bertz CT molecular complexity index is 614. The molecule has 3 heterocycles. The first-order valence-corrected chi connectivity index (χ1v) is 7.45. The number of aromatic nitrogens is 4. The summed E-state index contributed by atoms with van der Waals surface area (Å²) in [6.07, 6.45) is 1.75.